The van der Waals surface area contributed by atoms with E-state index in [1.165, 1.54) is 12.1 Å². The first-order chi connectivity index (χ1) is 9.63. The van der Waals surface area contributed by atoms with Crippen LogP contribution in [0.4, 0.5) is 4.39 Å². The first kappa shape index (κ1) is 14.9. The van der Waals surface area contributed by atoms with Gasteiger partial charge in [-0.25, -0.2) is 4.39 Å². The van der Waals surface area contributed by atoms with E-state index in [1.807, 2.05) is 25.1 Å². The van der Waals surface area contributed by atoms with Crippen molar-refractivity contribution in [3.05, 3.63) is 64.7 Å². The quantitative estimate of drug-likeness (QED) is 0.887. The largest absolute Gasteiger partial charge is 0.310 e. The molecule has 1 N–H and O–H groups in total. The second-order valence-electron chi connectivity index (χ2n) is 4.74. The molecule has 0 aliphatic rings. The van der Waals surface area contributed by atoms with Crippen molar-refractivity contribution >= 4 is 11.6 Å². The molecule has 0 aliphatic heterocycles. The number of hydrogen-bond donors (Lipinski definition) is 1. The molecule has 20 heavy (non-hydrogen) atoms. The number of halogens is 2. The SMILES string of the molecule is CCNC(c1ccc(F)cc1Cl)C(C)c1ccccn1. The Bertz CT molecular complexity index is 560. The Kier molecular flexibility index (Phi) is 5.10. The lowest BCUT2D eigenvalue weighted by atomic mass is 9.91. The summed E-state index contributed by atoms with van der Waals surface area (Å²) in [5.41, 5.74) is 1.88. The minimum absolute atomic E-state index is 0.00278. The van der Waals surface area contributed by atoms with E-state index in [4.69, 9.17) is 11.6 Å². The number of rotatable bonds is 5. The zero-order valence-electron chi connectivity index (χ0n) is 11.6. The molecule has 0 spiro atoms. The van der Waals surface area contributed by atoms with Crippen LogP contribution in [-0.4, -0.2) is 11.5 Å². The van der Waals surface area contributed by atoms with Crippen molar-refractivity contribution < 1.29 is 4.39 Å². The van der Waals surface area contributed by atoms with E-state index < -0.39 is 0 Å². The van der Waals surface area contributed by atoms with Crippen LogP contribution in [0.3, 0.4) is 0 Å². The lowest BCUT2D eigenvalue weighted by Gasteiger charge is -2.26. The maximum absolute atomic E-state index is 13.2. The molecule has 0 fully saturated rings. The van der Waals surface area contributed by atoms with Gasteiger partial charge in [0, 0.05) is 28.9 Å². The highest BCUT2D eigenvalue weighted by atomic mass is 35.5. The Morgan fingerprint density at radius 2 is 2.10 bits per heavy atom. The fourth-order valence-corrected chi connectivity index (χ4v) is 2.63. The van der Waals surface area contributed by atoms with Crippen LogP contribution >= 0.6 is 11.6 Å². The lowest BCUT2D eigenvalue weighted by molar-refractivity contribution is 0.471. The summed E-state index contributed by atoms with van der Waals surface area (Å²) >= 11 is 6.19. The molecule has 0 amide bonds. The maximum Gasteiger partial charge on any atom is 0.124 e. The molecule has 2 nitrogen and oxygen atoms in total. The monoisotopic (exact) mass is 292 g/mol. The summed E-state index contributed by atoms with van der Waals surface area (Å²) in [6.07, 6.45) is 1.78. The smallest absolute Gasteiger partial charge is 0.124 e. The third-order valence-electron chi connectivity index (χ3n) is 3.38. The molecule has 2 atom stereocenters. The van der Waals surface area contributed by atoms with E-state index in [0.29, 0.717) is 5.02 Å². The van der Waals surface area contributed by atoms with E-state index in [9.17, 15) is 4.39 Å². The van der Waals surface area contributed by atoms with Gasteiger partial charge in [0.1, 0.15) is 5.82 Å². The van der Waals surface area contributed by atoms with E-state index in [1.54, 1.807) is 12.3 Å². The Morgan fingerprint density at radius 1 is 1.30 bits per heavy atom. The summed E-state index contributed by atoms with van der Waals surface area (Å²) in [5, 5.41) is 3.85. The van der Waals surface area contributed by atoms with Gasteiger partial charge in [0.05, 0.1) is 0 Å². The molecule has 0 saturated carbocycles. The summed E-state index contributed by atoms with van der Waals surface area (Å²) in [6, 6.07) is 10.4. The maximum atomic E-state index is 13.2. The Labute approximate surface area is 124 Å². The summed E-state index contributed by atoms with van der Waals surface area (Å²) in [6.45, 7) is 4.93. The zero-order valence-corrected chi connectivity index (χ0v) is 12.4. The van der Waals surface area contributed by atoms with E-state index >= 15 is 0 Å². The lowest BCUT2D eigenvalue weighted by Crippen LogP contribution is -2.26. The summed E-state index contributed by atoms with van der Waals surface area (Å²) < 4.78 is 13.2. The van der Waals surface area contributed by atoms with Gasteiger partial charge in [0.2, 0.25) is 0 Å². The fourth-order valence-electron chi connectivity index (χ4n) is 2.35. The van der Waals surface area contributed by atoms with Crippen LogP contribution in [0.2, 0.25) is 5.02 Å². The van der Waals surface area contributed by atoms with Crippen molar-refractivity contribution in [2.45, 2.75) is 25.8 Å². The van der Waals surface area contributed by atoms with Gasteiger partial charge in [-0.2, -0.15) is 0 Å². The van der Waals surface area contributed by atoms with E-state index in [2.05, 4.69) is 17.2 Å². The Morgan fingerprint density at radius 3 is 2.70 bits per heavy atom. The highest BCUT2D eigenvalue weighted by Gasteiger charge is 2.23. The van der Waals surface area contributed by atoms with E-state index in [-0.39, 0.29) is 17.8 Å². The van der Waals surface area contributed by atoms with Gasteiger partial charge in [0.25, 0.3) is 0 Å². The summed E-state index contributed by atoms with van der Waals surface area (Å²) in [7, 11) is 0. The standard InChI is InChI=1S/C16H18ClFN2/c1-3-19-16(11(2)15-6-4-5-9-20-15)13-8-7-12(18)10-14(13)17/h4-11,16,19H,3H2,1-2H3. The molecular formula is C16H18ClFN2. The molecule has 0 radical (unpaired) electrons. The van der Waals surface area contributed by atoms with Gasteiger partial charge < -0.3 is 5.32 Å². The number of nitrogens with one attached hydrogen (secondary N) is 1. The minimum atomic E-state index is -0.320. The number of benzene rings is 1. The average molecular weight is 293 g/mol. The van der Waals surface area contributed by atoms with Crippen LogP contribution < -0.4 is 5.32 Å². The Balaban J connectivity index is 2.35. The van der Waals surface area contributed by atoms with Gasteiger partial charge in [-0.1, -0.05) is 37.6 Å². The van der Waals surface area contributed by atoms with Crippen LogP contribution in [0.1, 0.15) is 37.1 Å². The van der Waals surface area contributed by atoms with Crippen molar-refractivity contribution in [3.8, 4) is 0 Å². The van der Waals surface area contributed by atoms with E-state index in [0.717, 1.165) is 17.8 Å². The van der Waals surface area contributed by atoms with Crippen molar-refractivity contribution in [2.24, 2.45) is 0 Å². The van der Waals surface area contributed by atoms with Crippen LogP contribution in [0.5, 0.6) is 0 Å². The van der Waals surface area contributed by atoms with Crippen molar-refractivity contribution in [1.29, 1.82) is 0 Å². The van der Waals surface area contributed by atoms with Crippen LogP contribution in [-0.2, 0) is 0 Å². The molecule has 0 saturated heterocycles. The number of nitrogens with zero attached hydrogens (tertiary/aromatic N) is 1. The predicted octanol–water partition coefficient (Wildman–Crippen LogP) is 4.33. The summed E-state index contributed by atoms with van der Waals surface area (Å²) in [4.78, 5) is 4.40. The molecule has 1 aromatic carbocycles. The normalized spacial score (nSPS) is 14.0. The van der Waals surface area contributed by atoms with Crippen LogP contribution in [0.15, 0.2) is 42.6 Å². The van der Waals surface area contributed by atoms with Crippen molar-refractivity contribution in [2.75, 3.05) is 6.54 Å². The molecule has 2 aromatic rings. The molecule has 1 heterocycles. The topological polar surface area (TPSA) is 24.9 Å². The van der Waals surface area contributed by atoms with Gasteiger partial charge in [0.15, 0.2) is 0 Å². The molecule has 2 unspecified atom stereocenters. The molecular weight excluding hydrogens is 275 g/mol. The van der Waals surface area contributed by atoms with Crippen LogP contribution in [0, 0.1) is 5.82 Å². The molecule has 106 valence electrons. The molecule has 4 heteroatoms. The van der Waals surface area contributed by atoms with Gasteiger partial charge in [-0.15, -0.1) is 0 Å². The number of aromatic nitrogens is 1. The Hall–Kier alpha value is -1.45. The van der Waals surface area contributed by atoms with Gasteiger partial charge >= 0.3 is 0 Å². The fraction of sp³-hybridized carbons (Fsp3) is 0.312. The number of likely N-dealkylation sites (N-methyl/N-ethyl adjacent to an activating group) is 1. The predicted molar refractivity (Wildman–Crippen MR) is 80.5 cm³/mol. The first-order valence-corrected chi connectivity index (χ1v) is 7.10. The van der Waals surface area contributed by atoms with Crippen molar-refractivity contribution in [1.82, 2.24) is 10.3 Å². The third-order valence-corrected chi connectivity index (χ3v) is 3.70. The highest BCUT2D eigenvalue weighted by Crippen LogP contribution is 2.33. The zero-order chi connectivity index (χ0) is 14.5. The molecule has 0 aliphatic carbocycles. The highest BCUT2D eigenvalue weighted by molar-refractivity contribution is 6.31. The first-order valence-electron chi connectivity index (χ1n) is 6.72. The second-order valence-corrected chi connectivity index (χ2v) is 5.15. The third kappa shape index (κ3) is 3.35. The average Bonchev–Trinajstić information content (AvgIpc) is 2.46. The van der Waals surface area contributed by atoms with Gasteiger partial charge in [-0.05, 0) is 36.4 Å². The number of hydrogen-bond acceptors (Lipinski definition) is 2. The molecule has 0 bridgehead atoms. The second kappa shape index (κ2) is 6.82. The van der Waals surface area contributed by atoms with Crippen molar-refractivity contribution in [3.63, 3.8) is 0 Å². The molecule has 2 rings (SSSR count). The summed E-state index contributed by atoms with van der Waals surface area (Å²) in [5.74, 6) is -0.182. The number of pyridine rings is 1. The van der Waals surface area contributed by atoms with Crippen LogP contribution in [0.25, 0.3) is 0 Å². The molecule has 1 aromatic heterocycles. The van der Waals surface area contributed by atoms with Gasteiger partial charge in [-0.3, -0.25) is 4.98 Å². The minimum Gasteiger partial charge on any atom is -0.310 e.